The van der Waals surface area contributed by atoms with Gasteiger partial charge in [-0.25, -0.2) is 4.79 Å². The van der Waals surface area contributed by atoms with Gasteiger partial charge in [-0.2, -0.15) is 0 Å². The van der Waals surface area contributed by atoms with Crippen molar-refractivity contribution in [2.45, 2.75) is 39.7 Å². The lowest BCUT2D eigenvalue weighted by atomic mass is 9.75. The monoisotopic (exact) mass is 242 g/mol. The number of hydrogen-bond donors (Lipinski definition) is 3. The smallest absolute Gasteiger partial charge is 0.328 e. The summed E-state index contributed by atoms with van der Waals surface area (Å²) in [7, 11) is 0. The van der Waals surface area contributed by atoms with Crippen LogP contribution < -0.4 is 10.6 Å². The highest BCUT2D eigenvalue weighted by Gasteiger charge is 2.46. The van der Waals surface area contributed by atoms with E-state index < -0.39 is 16.9 Å². The SMILES string of the molecule is CC(C)C1(C(=O)NC(C)(C)C(=O)O)CCNC1. The number of aliphatic carboxylic acids is 1. The average molecular weight is 242 g/mol. The predicted molar refractivity (Wildman–Crippen MR) is 64.6 cm³/mol. The molecule has 0 spiro atoms. The fraction of sp³-hybridized carbons (Fsp3) is 0.833. The minimum atomic E-state index is -1.22. The normalized spacial score (nSPS) is 25.0. The van der Waals surface area contributed by atoms with Crippen LogP contribution in [0.25, 0.3) is 0 Å². The molecular formula is C12H22N2O3. The van der Waals surface area contributed by atoms with E-state index in [1.54, 1.807) is 0 Å². The Kier molecular flexibility index (Phi) is 3.81. The molecule has 1 unspecified atom stereocenters. The second-order valence-electron chi connectivity index (χ2n) is 5.62. The molecule has 1 aliphatic heterocycles. The first kappa shape index (κ1) is 14.0. The molecule has 1 fully saturated rings. The second-order valence-corrected chi connectivity index (χ2v) is 5.62. The van der Waals surface area contributed by atoms with Crippen molar-refractivity contribution < 1.29 is 14.7 Å². The molecule has 1 aliphatic rings. The van der Waals surface area contributed by atoms with Crippen LogP contribution >= 0.6 is 0 Å². The Morgan fingerprint density at radius 3 is 2.35 bits per heavy atom. The first-order chi connectivity index (χ1) is 7.72. The van der Waals surface area contributed by atoms with Gasteiger partial charge in [0.1, 0.15) is 5.54 Å². The Labute approximate surface area is 102 Å². The van der Waals surface area contributed by atoms with Crippen molar-refractivity contribution in [2.75, 3.05) is 13.1 Å². The number of carbonyl (C=O) groups excluding carboxylic acids is 1. The topological polar surface area (TPSA) is 78.4 Å². The van der Waals surface area contributed by atoms with Crippen molar-refractivity contribution in [3.05, 3.63) is 0 Å². The molecule has 5 heteroatoms. The zero-order valence-electron chi connectivity index (χ0n) is 11.0. The molecule has 98 valence electrons. The van der Waals surface area contributed by atoms with Crippen LogP contribution in [0.1, 0.15) is 34.1 Å². The highest BCUT2D eigenvalue weighted by molar-refractivity contribution is 5.90. The van der Waals surface area contributed by atoms with Crippen molar-refractivity contribution in [3.63, 3.8) is 0 Å². The minimum Gasteiger partial charge on any atom is -0.480 e. The number of nitrogens with one attached hydrogen (secondary N) is 2. The average Bonchev–Trinajstić information content (AvgIpc) is 2.66. The van der Waals surface area contributed by atoms with Gasteiger partial charge in [-0.05, 0) is 32.7 Å². The molecule has 5 nitrogen and oxygen atoms in total. The van der Waals surface area contributed by atoms with E-state index in [1.165, 1.54) is 13.8 Å². The summed E-state index contributed by atoms with van der Waals surface area (Å²) in [5.74, 6) is -0.997. The molecular weight excluding hydrogens is 220 g/mol. The number of amides is 1. The van der Waals surface area contributed by atoms with Crippen LogP contribution in [0.15, 0.2) is 0 Å². The Morgan fingerprint density at radius 1 is 1.41 bits per heavy atom. The van der Waals surface area contributed by atoms with Crippen molar-refractivity contribution in [1.82, 2.24) is 10.6 Å². The van der Waals surface area contributed by atoms with Gasteiger partial charge in [-0.3, -0.25) is 4.79 Å². The molecule has 0 bridgehead atoms. The summed E-state index contributed by atoms with van der Waals surface area (Å²) in [4.78, 5) is 23.3. The Hall–Kier alpha value is -1.10. The number of carboxylic acids is 1. The van der Waals surface area contributed by atoms with E-state index in [9.17, 15) is 9.59 Å². The first-order valence-corrected chi connectivity index (χ1v) is 5.99. The molecule has 0 aromatic rings. The lowest BCUT2D eigenvalue weighted by Crippen LogP contribution is -2.56. The van der Waals surface area contributed by atoms with E-state index >= 15 is 0 Å². The second kappa shape index (κ2) is 4.64. The Morgan fingerprint density at radius 2 is 2.00 bits per heavy atom. The molecule has 0 aliphatic carbocycles. The van der Waals surface area contributed by atoms with Crippen LogP contribution in [0.5, 0.6) is 0 Å². The van der Waals surface area contributed by atoms with Gasteiger partial charge in [0.2, 0.25) is 5.91 Å². The molecule has 3 N–H and O–H groups in total. The molecule has 1 amide bonds. The van der Waals surface area contributed by atoms with Crippen LogP contribution in [0, 0.1) is 11.3 Å². The zero-order valence-corrected chi connectivity index (χ0v) is 11.0. The van der Waals surface area contributed by atoms with E-state index in [2.05, 4.69) is 10.6 Å². The molecule has 0 radical (unpaired) electrons. The summed E-state index contributed by atoms with van der Waals surface area (Å²) in [6, 6.07) is 0. The maximum Gasteiger partial charge on any atom is 0.328 e. The van der Waals surface area contributed by atoms with Crippen LogP contribution in [0.2, 0.25) is 0 Å². The van der Waals surface area contributed by atoms with Gasteiger partial charge in [-0.15, -0.1) is 0 Å². The third-order valence-corrected chi connectivity index (χ3v) is 3.71. The molecule has 0 saturated carbocycles. The van der Waals surface area contributed by atoms with Crippen LogP contribution in [-0.4, -0.2) is 35.6 Å². The lowest BCUT2D eigenvalue weighted by molar-refractivity contribution is -0.148. The third kappa shape index (κ3) is 2.60. The summed E-state index contributed by atoms with van der Waals surface area (Å²) in [6.07, 6.45) is 0.756. The fourth-order valence-electron chi connectivity index (χ4n) is 2.12. The maximum absolute atomic E-state index is 12.3. The van der Waals surface area contributed by atoms with Crippen molar-refractivity contribution >= 4 is 11.9 Å². The van der Waals surface area contributed by atoms with Gasteiger partial charge in [0.15, 0.2) is 0 Å². The quantitative estimate of drug-likeness (QED) is 0.674. The van der Waals surface area contributed by atoms with Crippen LogP contribution in [0.3, 0.4) is 0 Å². The molecule has 0 aromatic carbocycles. The standard InChI is InChI=1S/C12H22N2O3/c1-8(2)12(5-6-13-7-12)9(15)14-11(3,4)10(16)17/h8,13H,5-7H2,1-4H3,(H,14,15)(H,16,17). The minimum absolute atomic E-state index is 0.162. The molecule has 17 heavy (non-hydrogen) atoms. The summed E-state index contributed by atoms with van der Waals surface area (Å²) in [5.41, 5.74) is -1.70. The fourth-order valence-corrected chi connectivity index (χ4v) is 2.12. The van der Waals surface area contributed by atoms with Crippen molar-refractivity contribution in [3.8, 4) is 0 Å². The molecule has 1 heterocycles. The lowest BCUT2D eigenvalue weighted by Gasteiger charge is -2.34. The zero-order chi connectivity index (χ0) is 13.3. The number of hydrogen-bond acceptors (Lipinski definition) is 3. The summed E-state index contributed by atoms with van der Waals surface area (Å²) in [6.45, 7) is 8.43. The highest BCUT2D eigenvalue weighted by atomic mass is 16.4. The van der Waals surface area contributed by atoms with Gasteiger partial charge < -0.3 is 15.7 Å². The largest absolute Gasteiger partial charge is 0.480 e. The Bertz CT molecular complexity index is 318. The van der Waals surface area contributed by atoms with Gasteiger partial charge in [0.25, 0.3) is 0 Å². The molecule has 1 saturated heterocycles. The maximum atomic E-state index is 12.3. The van der Waals surface area contributed by atoms with Crippen molar-refractivity contribution in [1.29, 1.82) is 0 Å². The highest BCUT2D eigenvalue weighted by Crippen LogP contribution is 2.34. The Balaban J connectivity index is 2.84. The number of carbonyl (C=O) groups is 2. The number of rotatable bonds is 4. The summed E-state index contributed by atoms with van der Waals surface area (Å²) >= 11 is 0. The molecule has 0 aromatic heterocycles. The van der Waals surface area contributed by atoms with E-state index in [0.29, 0.717) is 6.54 Å². The van der Waals surface area contributed by atoms with E-state index in [0.717, 1.165) is 13.0 Å². The molecule has 1 atom stereocenters. The van der Waals surface area contributed by atoms with Crippen LogP contribution in [-0.2, 0) is 9.59 Å². The molecule has 1 rings (SSSR count). The van der Waals surface area contributed by atoms with Gasteiger partial charge in [0.05, 0.1) is 5.41 Å². The third-order valence-electron chi connectivity index (χ3n) is 3.71. The van der Waals surface area contributed by atoms with Crippen LogP contribution in [0.4, 0.5) is 0 Å². The summed E-state index contributed by atoms with van der Waals surface area (Å²) in [5, 5.41) is 14.8. The van der Waals surface area contributed by atoms with Gasteiger partial charge in [-0.1, -0.05) is 13.8 Å². The van der Waals surface area contributed by atoms with Crippen molar-refractivity contribution in [2.24, 2.45) is 11.3 Å². The predicted octanol–water partition coefficient (Wildman–Crippen LogP) is 0.601. The summed E-state index contributed by atoms with van der Waals surface area (Å²) < 4.78 is 0. The van der Waals surface area contributed by atoms with Gasteiger partial charge >= 0.3 is 5.97 Å². The van der Waals surface area contributed by atoms with E-state index in [-0.39, 0.29) is 11.8 Å². The van der Waals surface area contributed by atoms with Gasteiger partial charge in [0, 0.05) is 6.54 Å². The van der Waals surface area contributed by atoms with E-state index in [4.69, 9.17) is 5.11 Å². The number of carboxylic acid groups (broad SMARTS) is 1. The first-order valence-electron chi connectivity index (χ1n) is 5.99. The van der Waals surface area contributed by atoms with E-state index in [1.807, 2.05) is 13.8 Å².